The highest BCUT2D eigenvalue weighted by Crippen LogP contribution is 2.50. The molecule has 1 saturated carbocycles. The van der Waals surface area contributed by atoms with Crippen LogP contribution in [0.5, 0.6) is 0 Å². The van der Waals surface area contributed by atoms with Gasteiger partial charge in [0.2, 0.25) is 0 Å². The molecule has 0 aromatic rings. The molecule has 3 nitrogen and oxygen atoms in total. The van der Waals surface area contributed by atoms with Crippen LogP contribution in [0.15, 0.2) is 0 Å². The molecule has 0 saturated heterocycles. The minimum atomic E-state index is -0.161. The SMILES string of the molecule is CCC(C)C(=O)OCOC1C(C)(C)CCC1(C)C. The zero-order chi connectivity index (χ0) is 14.0. The Morgan fingerprint density at radius 3 is 2.17 bits per heavy atom. The van der Waals surface area contributed by atoms with Crippen LogP contribution in [0.1, 0.15) is 60.8 Å². The largest absolute Gasteiger partial charge is 0.438 e. The number of carbonyl (C=O) groups is 1. The molecule has 18 heavy (non-hydrogen) atoms. The fourth-order valence-corrected chi connectivity index (χ4v) is 2.88. The third-order valence-electron chi connectivity index (χ3n) is 4.28. The molecular formula is C15H28O3. The van der Waals surface area contributed by atoms with E-state index in [0.29, 0.717) is 0 Å². The first-order chi connectivity index (χ1) is 8.20. The van der Waals surface area contributed by atoms with Gasteiger partial charge in [-0.1, -0.05) is 41.5 Å². The van der Waals surface area contributed by atoms with Gasteiger partial charge in [0.1, 0.15) is 0 Å². The highest BCUT2D eigenvalue weighted by atomic mass is 16.7. The first kappa shape index (κ1) is 15.5. The Bertz CT molecular complexity index is 278. The molecular weight excluding hydrogens is 228 g/mol. The number of hydrogen-bond donors (Lipinski definition) is 0. The molecule has 106 valence electrons. The molecule has 0 N–H and O–H groups in total. The Hall–Kier alpha value is -0.570. The van der Waals surface area contributed by atoms with Gasteiger partial charge in [0.15, 0.2) is 6.79 Å². The molecule has 0 heterocycles. The van der Waals surface area contributed by atoms with Crippen molar-refractivity contribution in [2.45, 2.75) is 66.9 Å². The molecule has 3 heteroatoms. The summed E-state index contributed by atoms with van der Waals surface area (Å²) in [7, 11) is 0. The predicted octanol–water partition coefficient (Wildman–Crippen LogP) is 3.76. The molecule has 0 aromatic carbocycles. The van der Waals surface area contributed by atoms with Gasteiger partial charge in [-0.15, -0.1) is 0 Å². The second-order valence-electron chi connectivity index (χ2n) is 6.91. The number of hydrogen-bond acceptors (Lipinski definition) is 3. The summed E-state index contributed by atoms with van der Waals surface area (Å²) in [5.41, 5.74) is 0.318. The van der Waals surface area contributed by atoms with E-state index in [2.05, 4.69) is 27.7 Å². The summed E-state index contributed by atoms with van der Waals surface area (Å²) in [5.74, 6) is -0.204. The van der Waals surface area contributed by atoms with Gasteiger partial charge in [0, 0.05) is 0 Å². The highest BCUT2D eigenvalue weighted by Gasteiger charge is 2.47. The van der Waals surface area contributed by atoms with Gasteiger partial charge < -0.3 is 9.47 Å². The predicted molar refractivity (Wildman–Crippen MR) is 72.1 cm³/mol. The lowest BCUT2D eigenvalue weighted by molar-refractivity contribution is -0.176. The maximum atomic E-state index is 11.6. The molecule has 0 bridgehead atoms. The van der Waals surface area contributed by atoms with Gasteiger partial charge in [-0.25, -0.2) is 0 Å². The van der Waals surface area contributed by atoms with Gasteiger partial charge in [-0.05, 0) is 30.1 Å². The Morgan fingerprint density at radius 2 is 1.72 bits per heavy atom. The third-order valence-corrected chi connectivity index (χ3v) is 4.28. The van der Waals surface area contributed by atoms with Crippen molar-refractivity contribution in [2.75, 3.05) is 6.79 Å². The normalized spacial score (nSPS) is 23.9. The molecule has 1 atom stereocenters. The summed E-state index contributed by atoms with van der Waals surface area (Å²) in [6, 6.07) is 0. The Morgan fingerprint density at radius 1 is 1.22 bits per heavy atom. The summed E-state index contributed by atoms with van der Waals surface area (Å²) in [6.07, 6.45) is 3.27. The lowest BCUT2D eigenvalue weighted by Gasteiger charge is -2.34. The lowest BCUT2D eigenvalue weighted by Crippen LogP contribution is -2.37. The second kappa shape index (κ2) is 5.60. The molecule has 1 fully saturated rings. The van der Waals surface area contributed by atoms with E-state index in [1.54, 1.807) is 0 Å². The average Bonchev–Trinajstić information content (AvgIpc) is 2.50. The Kier molecular flexibility index (Phi) is 4.82. The van der Waals surface area contributed by atoms with E-state index in [-0.39, 0.29) is 35.6 Å². The minimum Gasteiger partial charge on any atom is -0.438 e. The number of ether oxygens (including phenoxy) is 2. The fraction of sp³-hybridized carbons (Fsp3) is 0.933. The van der Waals surface area contributed by atoms with E-state index in [0.717, 1.165) is 19.3 Å². The second-order valence-corrected chi connectivity index (χ2v) is 6.91. The van der Waals surface area contributed by atoms with Gasteiger partial charge >= 0.3 is 5.97 Å². The minimum absolute atomic E-state index is 0.0433. The van der Waals surface area contributed by atoms with E-state index in [4.69, 9.17) is 9.47 Å². The molecule has 0 amide bonds. The first-order valence-electron chi connectivity index (χ1n) is 6.99. The van der Waals surface area contributed by atoms with Crippen molar-refractivity contribution in [1.82, 2.24) is 0 Å². The van der Waals surface area contributed by atoms with Crippen molar-refractivity contribution in [2.24, 2.45) is 16.7 Å². The first-order valence-corrected chi connectivity index (χ1v) is 6.99. The van der Waals surface area contributed by atoms with Gasteiger partial charge in [-0.3, -0.25) is 4.79 Å². The quantitative estimate of drug-likeness (QED) is 0.555. The zero-order valence-corrected chi connectivity index (χ0v) is 12.7. The number of rotatable bonds is 5. The van der Waals surface area contributed by atoms with E-state index in [9.17, 15) is 4.79 Å². The van der Waals surface area contributed by atoms with Gasteiger partial charge in [-0.2, -0.15) is 0 Å². The maximum Gasteiger partial charge on any atom is 0.310 e. The molecule has 1 aliphatic carbocycles. The summed E-state index contributed by atoms with van der Waals surface area (Å²) in [6.45, 7) is 12.8. The van der Waals surface area contributed by atoms with Crippen molar-refractivity contribution in [3.63, 3.8) is 0 Å². The van der Waals surface area contributed by atoms with Crippen LogP contribution in [0.2, 0.25) is 0 Å². The number of esters is 1. The van der Waals surface area contributed by atoms with Crippen LogP contribution in [-0.4, -0.2) is 18.9 Å². The standard InChI is InChI=1S/C15H28O3/c1-7-11(2)12(16)17-10-18-13-14(3,4)8-9-15(13,5)6/h11,13H,7-10H2,1-6H3. The monoisotopic (exact) mass is 256 g/mol. The van der Waals surface area contributed by atoms with Crippen molar-refractivity contribution < 1.29 is 14.3 Å². The van der Waals surface area contributed by atoms with Crippen LogP contribution in [0, 0.1) is 16.7 Å². The van der Waals surface area contributed by atoms with Crippen molar-refractivity contribution in [3.05, 3.63) is 0 Å². The van der Waals surface area contributed by atoms with Crippen molar-refractivity contribution in [3.8, 4) is 0 Å². The zero-order valence-electron chi connectivity index (χ0n) is 12.7. The Balaban J connectivity index is 2.45. The lowest BCUT2D eigenvalue weighted by atomic mass is 9.81. The summed E-state index contributed by atoms with van der Waals surface area (Å²) >= 11 is 0. The Labute approximate surface area is 111 Å². The summed E-state index contributed by atoms with van der Waals surface area (Å²) in [4.78, 5) is 11.6. The van der Waals surface area contributed by atoms with Crippen molar-refractivity contribution in [1.29, 1.82) is 0 Å². The van der Waals surface area contributed by atoms with Gasteiger partial charge in [0.25, 0.3) is 0 Å². The highest BCUT2D eigenvalue weighted by molar-refractivity contribution is 5.71. The van der Waals surface area contributed by atoms with E-state index < -0.39 is 0 Å². The fourth-order valence-electron chi connectivity index (χ4n) is 2.88. The maximum absolute atomic E-state index is 11.6. The summed E-state index contributed by atoms with van der Waals surface area (Å²) in [5, 5.41) is 0. The van der Waals surface area contributed by atoms with Crippen LogP contribution in [0.25, 0.3) is 0 Å². The van der Waals surface area contributed by atoms with E-state index in [1.165, 1.54) is 0 Å². The van der Waals surface area contributed by atoms with Gasteiger partial charge in [0.05, 0.1) is 12.0 Å². The molecule has 0 spiro atoms. The molecule has 1 rings (SSSR count). The molecule has 0 radical (unpaired) electrons. The molecule has 0 aliphatic heterocycles. The van der Waals surface area contributed by atoms with Crippen LogP contribution in [0.4, 0.5) is 0 Å². The topological polar surface area (TPSA) is 35.5 Å². The summed E-state index contributed by atoms with van der Waals surface area (Å²) < 4.78 is 11.0. The van der Waals surface area contributed by atoms with Crippen molar-refractivity contribution >= 4 is 5.97 Å². The van der Waals surface area contributed by atoms with E-state index >= 15 is 0 Å². The molecule has 0 aromatic heterocycles. The molecule has 1 unspecified atom stereocenters. The van der Waals surface area contributed by atoms with Crippen LogP contribution >= 0.6 is 0 Å². The number of carbonyl (C=O) groups excluding carboxylic acids is 1. The van der Waals surface area contributed by atoms with Crippen LogP contribution in [0.3, 0.4) is 0 Å². The molecule has 1 aliphatic rings. The third kappa shape index (κ3) is 3.47. The average molecular weight is 256 g/mol. The van der Waals surface area contributed by atoms with Crippen LogP contribution < -0.4 is 0 Å². The van der Waals surface area contributed by atoms with Crippen LogP contribution in [-0.2, 0) is 14.3 Å². The smallest absolute Gasteiger partial charge is 0.310 e. The van der Waals surface area contributed by atoms with E-state index in [1.807, 2.05) is 13.8 Å².